The van der Waals surface area contributed by atoms with Crippen molar-refractivity contribution in [2.75, 3.05) is 6.61 Å². The van der Waals surface area contributed by atoms with E-state index in [1.54, 1.807) is 18.3 Å². The smallest absolute Gasteiger partial charge is 0.263 e. The Labute approximate surface area is 118 Å². The molecular formula is C15H10FN3O2. The molecule has 104 valence electrons. The van der Waals surface area contributed by atoms with Gasteiger partial charge in [-0.3, -0.25) is 9.36 Å². The summed E-state index contributed by atoms with van der Waals surface area (Å²) in [6.45, 7) is 0.462. The number of nitrogens with zero attached hydrogens (tertiary/aromatic N) is 3. The van der Waals surface area contributed by atoms with E-state index in [9.17, 15) is 9.18 Å². The summed E-state index contributed by atoms with van der Waals surface area (Å²) in [7, 11) is 0. The number of benzene rings is 1. The second-order valence-electron chi connectivity index (χ2n) is 4.75. The van der Waals surface area contributed by atoms with Crippen molar-refractivity contribution in [2.45, 2.75) is 6.42 Å². The Morgan fingerprint density at radius 3 is 2.71 bits per heavy atom. The standard InChI is InChI=1S/C15H10FN3O2/c16-9-1-3-10(4-2-9)19-14-12(17-6-7-18-14)13-11(15(19)20)5-8-21-13/h1-4,6-7H,5,8H2. The summed E-state index contributed by atoms with van der Waals surface area (Å²) in [5, 5.41) is 0. The normalized spacial score (nSPS) is 13.2. The van der Waals surface area contributed by atoms with Crippen molar-refractivity contribution >= 4 is 11.2 Å². The van der Waals surface area contributed by atoms with E-state index in [1.165, 1.54) is 22.9 Å². The van der Waals surface area contributed by atoms with Gasteiger partial charge < -0.3 is 4.74 Å². The van der Waals surface area contributed by atoms with Crippen molar-refractivity contribution in [3.63, 3.8) is 0 Å². The lowest BCUT2D eigenvalue weighted by Crippen LogP contribution is -2.22. The van der Waals surface area contributed by atoms with Gasteiger partial charge in [-0.15, -0.1) is 0 Å². The number of hydrogen-bond acceptors (Lipinski definition) is 4. The van der Waals surface area contributed by atoms with E-state index in [0.717, 1.165) is 0 Å². The molecule has 1 aliphatic rings. The Kier molecular flexibility index (Phi) is 2.50. The van der Waals surface area contributed by atoms with Crippen LogP contribution in [0.15, 0.2) is 41.5 Å². The zero-order chi connectivity index (χ0) is 14.4. The van der Waals surface area contributed by atoms with Gasteiger partial charge in [-0.25, -0.2) is 14.4 Å². The lowest BCUT2D eigenvalue weighted by Gasteiger charge is -2.11. The first-order valence-electron chi connectivity index (χ1n) is 6.53. The number of aromatic nitrogens is 3. The molecule has 0 amide bonds. The van der Waals surface area contributed by atoms with Crippen LogP contribution >= 0.6 is 0 Å². The second-order valence-corrected chi connectivity index (χ2v) is 4.75. The van der Waals surface area contributed by atoms with Crippen LogP contribution in [0.2, 0.25) is 0 Å². The highest BCUT2D eigenvalue weighted by Gasteiger charge is 2.24. The number of pyridine rings is 1. The van der Waals surface area contributed by atoms with Crippen molar-refractivity contribution in [2.24, 2.45) is 0 Å². The van der Waals surface area contributed by atoms with Gasteiger partial charge in [0.05, 0.1) is 17.9 Å². The van der Waals surface area contributed by atoms with E-state index in [0.29, 0.717) is 41.2 Å². The summed E-state index contributed by atoms with van der Waals surface area (Å²) < 4.78 is 20.1. The van der Waals surface area contributed by atoms with Crippen molar-refractivity contribution < 1.29 is 9.13 Å². The van der Waals surface area contributed by atoms with Gasteiger partial charge in [0.2, 0.25) is 0 Å². The number of ether oxygens (including phenoxy) is 1. The van der Waals surface area contributed by atoms with E-state index < -0.39 is 0 Å². The number of halogens is 1. The SMILES string of the molecule is O=c1c2c(c3nccnc3n1-c1ccc(F)cc1)OCC2. The Morgan fingerprint density at radius 2 is 1.90 bits per heavy atom. The summed E-state index contributed by atoms with van der Waals surface area (Å²) in [4.78, 5) is 21.2. The van der Waals surface area contributed by atoms with Crippen molar-refractivity contribution in [3.05, 3.63) is 58.4 Å². The molecule has 21 heavy (non-hydrogen) atoms. The molecule has 0 spiro atoms. The largest absolute Gasteiger partial charge is 0.490 e. The maximum atomic E-state index is 13.1. The van der Waals surface area contributed by atoms with Crippen molar-refractivity contribution in [1.82, 2.24) is 14.5 Å². The third-order valence-electron chi connectivity index (χ3n) is 3.52. The molecule has 1 aliphatic heterocycles. The van der Waals surface area contributed by atoms with E-state index >= 15 is 0 Å². The van der Waals surface area contributed by atoms with Gasteiger partial charge in [0.1, 0.15) is 11.3 Å². The lowest BCUT2D eigenvalue weighted by molar-refractivity contribution is 0.359. The van der Waals surface area contributed by atoms with Crippen LogP contribution in [0, 0.1) is 5.82 Å². The maximum absolute atomic E-state index is 13.1. The van der Waals surface area contributed by atoms with Crippen LogP contribution in [0.25, 0.3) is 16.9 Å². The second kappa shape index (κ2) is 4.37. The van der Waals surface area contributed by atoms with E-state index in [4.69, 9.17) is 4.74 Å². The minimum Gasteiger partial charge on any atom is -0.490 e. The molecule has 0 saturated carbocycles. The van der Waals surface area contributed by atoms with Crippen LogP contribution < -0.4 is 10.3 Å². The molecule has 3 aromatic rings. The van der Waals surface area contributed by atoms with Gasteiger partial charge >= 0.3 is 0 Å². The van der Waals surface area contributed by atoms with Crippen LogP contribution in [0.5, 0.6) is 5.75 Å². The molecular weight excluding hydrogens is 273 g/mol. The molecule has 0 radical (unpaired) electrons. The first-order chi connectivity index (χ1) is 10.3. The van der Waals surface area contributed by atoms with Crippen molar-refractivity contribution in [1.29, 1.82) is 0 Å². The highest BCUT2D eigenvalue weighted by molar-refractivity contribution is 5.81. The Morgan fingerprint density at radius 1 is 1.14 bits per heavy atom. The Hall–Kier alpha value is -2.76. The van der Waals surface area contributed by atoms with Crippen LogP contribution in [0.1, 0.15) is 5.56 Å². The Balaban J connectivity index is 2.14. The predicted octanol–water partition coefficient (Wildman–Crippen LogP) is 1.85. The molecule has 6 heteroatoms. The highest BCUT2D eigenvalue weighted by Crippen LogP contribution is 2.30. The van der Waals surface area contributed by atoms with Gasteiger partial charge in [0, 0.05) is 18.8 Å². The highest BCUT2D eigenvalue weighted by atomic mass is 19.1. The summed E-state index contributed by atoms with van der Waals surface area (Å²) in [5.74, 6) is 0.160. The average molecular weight is 283 g/mol. The molecule has 0 atom stereocenters. The third-order valence-corrected chi connectivity index (χ3v) is 3.52. The monoisotopic (exact) mass is 283 g/mol. The van der Waals surface area contributed by atoms with Crippen LogP contribution in [-0.2, 0) is 6.42 Å². The lowest BCUT2D eigenvalue weighted by atomic mass is 10.2. The molecule has 0 aliphatic carbocycles. The molecule has 0 unspecified atom stereocenters. The van der Waals surface area contributed by atoms with Gasteiger partial charge in [0.25, 0.3) is 5.56 Å². The van der Waals surface area contributed by atoms with Crippen LogP contribution in [0.4, 0.5) is 4.39 Å². The zero-order valence-electron chi connectivity index (χ0n) is 10.9. The van der Waals surface area contributed by atoms with E-state index in [2.05, 4.69) is 9.97 Å². The quantitative estimate of drug-likeness (QED) is 0.684. The predicted molar refractivity (Wildman–Crippen MR) is 74.3 cm³/mol. The minimum absolute atomic E-state index is 0.192. The number of hydrogen-bond donors (Lipinski definition) is 0. The fraction of sp³-hybridized carbons (Fsp3) is 0.133. The molecule has 2 aromatic heterocycles. The van der Waals surface area contributed by atoms with Crippen LogP contribution in [0.3, 0.4) is 0 Å². The third kappa shape index (κ3) is 1.72. The van der Waals surface area contributed by atoms with Gasteiger partial charge in [0.15, 0.2) is 11.4 Å². The first kappa shape index (κ1) is 12.0. The fourth-order valence-electron chi connectivity index (χ4n) is 2.59. The molecule has 0 bridgehead atoms. The van der Waals surface area contributed by atoms with E-state index in [1.807, 2.05) is 0 Å². The molecule has 5 nitrogen and oxygen atoms in total. The Bertz CT molecular complexity index is 903. The maximum Gasteiger partial charge on any atom is 0.263 e. The molecule has 0 N–H and O–H groups in total. The number of fused-ring (bicyclic) bond motifs is 3. The summed E-state index contributed by atoms with van der Waals surface area (Å²) in [6.07, 6.45) is 3.62. The molecule has 0 fully saturated rings. The molecule has 4 rings (SSSR count). The van der Waals surface area contributed by atoms with Gasteiger partial charge in [-0.2, -0.15) is 0 Å². The van der Waals surface area contributed by atoms with Crippen molar-refractivity contribution in [3.8, 4) is 11.4 Å². The topological polar surface area (TPSA) is 57.0 Å². The van der Waals surface area contributed by atoms with E-state index in [-0.39, 0.29) is 11.4 Å². The van der Waals surface area contributed by atoms with Gasteiger partial charge in [-0.05, 0) is 24.3 Å². The van der Waals surface area contributed by atoms with Crippen LogP contribution in [-0.4, -0.2) is 21.1 Å². The summed E-state index contributed by atoms with van der Waals surface area (Å²) in [6, 6.07) is 5.72. The molecule has 0 saturated heterocycles. The van der Waals surface area contributed by atoms with Gasteiger partial charge in [-0.1, -0.05) is 0 Å². The molecule has 3 heterocycles. The first-order valence-corrected chi connectivity index (χ1v) is 6.53. The summed E-state index contributed by atoms with van der Waals surface area (Å²) >= 11 is 0. The zero-order valence-corrected chi connectivity index (χ0v) is 10.9. The molecule has 1 aromatic carbocycles. The fourth-order valence-corrected chi connectivity index (χ4v) is 2.59. The number of rotatable bonds is 1. The summed E-state index contributed by atoms with van der Waals surface area (Å²) in [5.41, 5.74) is 1.92. The average Bonchev–Trinajstić information content (AvgIpc) is 2.99. The minimum atomic E-state index is -0.355.